The van der Waals surface area contributed by atoms with Crippen LogP contribution in [0.25, 0.3) is 0 Å². The first-order valence-corrected chi connectivity index (χ1v) is 15.3. The van der Waals surface area contributed by atoms with Gasteiger partial charge in [0.15, 0.2) is 16.9 Å². The van der Waals surface area contributed by atoms with E-state index < -0.39 is 44.3 Å². The Morgan fingerprint density at radius 2 is 1.75 bits per heavy atom. The van der Waals surface area contributed by atoms with E-state index in [0.717, 1.165) is 10.9 Å². The van der Waals surface area contributed by atoms with Crippen molar-refractivity contribution in [3.8, 4) is 5.75 Å². The summed E-state index contributed by atoms with van der Waals surface area (Å²) >= 11 is 3.29. The van der Waals surface area contributed by atoms with Crippen LogP contribution in [0.1, 0.15) is 64.9 Å². The van der Waals surface area contributed by atoms with Gasteiger partial charge in [-0.3, -0.25) is 9.59 Å². The molecule has 0 spiro atoms. The predicted octanol–water partition coefficient (Wildman–Crippen LogP) is 4.30. The van der Waals surface area contributed by atoms with Gasteiger partial charge < -0.3 is 19.1 Å². The number of carbonyl (C=O) groups excluding carboxylic acids is 2. The molecule has 0 fully saturated rings. The number of aromatic nitrogens is 1. The number of fused-ring (bicyclic) bond motifs is 1. The molecule has 2 atom stereocenters. The Bertz CT molecular complexity index is 1390. The molecule has 0 radical (unpaired) electrons. The zero-order chi connectivity index (χ0) is 29.8. The van der Waals surface area contributed by atoms with E-state index in [1.807, 2.05) is 6.92 Å². The van der Waals surface area contributed by atoms with Crippen molar-refractivity contribution in [1.82, 2.24) is 9.58 Å². The van der Waals surface area contributed by atoms with Crippen LogP contribution >= 0.6 is 15.9 Å². The lowest BCUT2D eigenvalue weighted by Gasteiger charge is -2.41. The summed E-state index contributed by atoms with van der Waals surface area (Å²) in [4.78, 5) is 41.1. The third-order valence-corrected chi connectivity index (χ3v) is 8.54. The van der Waals surface area contributed by atoms with Gasteiger partial charge >= 0.3 is 6.09 Å². The number of sulfone groups is 1. The molecule has 13 heteroatoms. The van der Waals surface area contributed by atoms with Crippen molar-refractivity contribution in [3.63, 3.8) is 0 Å². The third-order valence-electron chi connectivity index (χ3n) is 6.08. The average Bonchev–Trinajstić information content (AvgIpc) is 2.87. The first-order valence-electron chi connectivity index (χ1n) is 13.0. The molecule has 2 amide bonds. The highest BCUT2D eigenvalue weighted by Gasteiger charge is 2.39. The molecule has 3 rings (SSSR count). The molecule has 1 aliphatic rings. The summed E-state index contributed by atoms with van der Waals surface area (Å²) in [6.07, 6.45) is 2.07. The summed E-state index contributed by atoms with van der Waals surface area (Å²) in [7, 11) is -3.81. The van der Waals surface area contributed by atoms with E-state index in [-0.39, 0.29) is 36.2 Å². The molecule has 2 aromatic rings. The maximum absolute atomic E-state index is 13.7. The largest absolute Gasteiger partial charge is 0.487 e. The zero-order valence-electron chi connectivity index (χ0n) is 23.5. The van der Waals surface area contributed by atoms with Crippen LogP contribution in [0.4, 0.5) is 4.79 Å². The number of rotatable bonds is 10. The monoisotopic (exact) mass is 641 g/mol. The second kappa shape index (κ2) is 12.7. The summed E-state index contributed by atoms with van der Waals surface area (Å²) in [6.45, 7) is 10.0. The molecule has 0 saturated heterocycles. The number of pyridine rings is 1. The fraction of sp³-hybridized carbons (Fsp3) is 0.519. The van der Waals surface area contributed by atoms with Gasteiger partial charge in [0, 0.05) is 16.7 Å². The van der Waals surface area contributed by atoms with Crippen LogP contribution in [0.15, 0.2) is 50.7 Å². The normalized spacial score (nSPS) is 15.4. The highest BCUT2D eigenvalue weighted by atomic mass is 79.9. The number of benzene rings is 1. The smallest absolute Gasteiger partial charge is 0.431 e. The van der Waals surface area contributed by atoms with Gasteiger partial charge in [-0.1, -0.05) is 29.3 Å². The summed E-state index contributed by atoms with van der Waals surface area (Å²) in [6, 6.07) is 6.74. The average molecular weight is 643 g/mol. The highest BCUT2D eigenvalue weighted by molar-refractivity contribution is 9.10. The van der Waals surface area contributed by atoms with Crippen LogP contribution in [-0.4, -0.2) is 67.0 Å². The SMILES string of the molecule is CCCCOc1c2n(ccc1=O)N(C(=O)OC(C)(C)C)CN(C(C)COC(C)S(=O)(=O)c1ccc(Br)cc1)C2=O. The molecule has 2 heterocycles. The molecule has 1 aromatic heterocycles. The topological polar surface area (TPSA) is 124 Å². The number of nitrogens with zero attached hydrogens (tertiary/aromatic N) is 3. The van der Waals surface area contributed by atoms with Crippen molar-refractivity contribution in [2.45, 2.75) is 76.4 Å². The van der Waals surface area contributed by atoms with Crippen LogP contribution in [-0.2, 0) is 19.3 Å². The van der Waals surface area contributed by atoms with Crippen molar-refractivity contribution >= 4 is 37.8 Å². The Kier molecular flexibility index (Phi) is 10.1. The van der Waals surface area contributed by atoms with E-state index in [1.54, 1.807) is 39.8 Å². The summed E-state index contributed by atoms with van der Waals surface area (Å²) in [5.74, 6) is -0.734. The molecular formula is C27H36BrN3O8S. The number of amides is 2. The van der Waals surface area contributed by atoms with E-state index in [9.17, 15) is 22.8 Å². The lowest BCUT2D eigenvalue weighted by atomic mass is 10.2. The van der Waals surface area contributed by atoms with Crippen molar-refractivity contribution < 1.29 is 32.2 Å². The van der Waals surface area contributed by atoms with E-state index in [0.29, 0.717) is 6.42 Å². The van der Waals surface area contributed by atoms with Gasteiger partial charge in [0.1, 0.15) is 12.3 Å². The predicted molar refractivity (Wildman–Crippen MR) is 153 cm³/mol. The molecule has 1 aromatic carbocycles. The van der Waals surface area contributed by atoms with Gasteiger partial charge in [-0.2, -0.15) is 5.01 Å². The van der Waals surface area contributed by atoms with Gasteiger partial charge in [-0.05, 0) is 65.3 Å². The lowest BCUT2D eigenvalue weighted by Crippen LogP contribution is -2.60. The number of hydrogen-bond acceptors (Lipinski definition) is 8. The second-order valence-corrected chi connectivity index (χ2v) is 13.6. The fourth-order valence-electron chi connectivity index (χ4n) is 3.85. The summed E-state index contributed by atoms with van der Waals surface area (Å²) in [5.41, 5.74) is -2.65. The van der Waals surface area contributed by atoms with Gasteiger partial charge in [0.05, 0.1) is 24.2 Å². The maximum atomic E-state index is 13.7. The van der Waals surface area contributed by atoms with Crippen molar-refractivity contribution in [2.24, 2.45) is 0 Å². The fourth-order valence-corrected chi connectivity index (χ4v) is 5.27. The van der Waals surface area contributed by atoms with Crippen molar-refractivity contribution in [2.75, 3.05) is 24.9 Å². The van der Waals surface area contributed by atoms with Crippen LogP contribution in [0.2, 0.25) is 0 Å². The van der Waals surface area contributed by atoms with Crippen molar-refractivity contribution in [3.05, 3.63) is 56.9 Å². The number of ether oxygens (including phenoxy) is 3. The highest BCUT2D eigenvalue weighted by Crippen LogP contribution is 2.25. The Morgan fingerprint density at radius 3 is 2.35 bits per heavy atom. The Morgan fingerprint density at radius 1 is 1.10 bits per heavy atom. The number of unbranched alkanes of at least 4 members (excludes halogenated alkanes) is 1. The Labute approximate surface area is 243 Å². The quantitative estimate of drug-likeness (QED) is 0.352. The Balaban J connectivity index is 1.91. The number of halogens is 1. The van der Waals surface area contributed by atoms with Crippen LogP contribution in [0.5, 0.6) is 5.75 Å². The molecule has 0 N–H and O–H groups in total. The van der Waals surface area contributed by atoms with Crippen LogP contribution in [0, 0.1) is 0 Å². The van der Waals surface area contributed by atoms with Gasteiger partial charge in [-0.25, -0.2) is 17.9 Å². The van der Waals surface area contributed by atoms with Gasteiger partial charge in [0.2, 0.25) is 15.3 Å². The summed E-state index contributed by atoms with van der Waals surface area (Å²) < 4.78 is 45.0. The van der Waals surface area contributed by atoms with E-state index >= 15 is 0 Å². The third kappa shape index (κ3) is 7.24. The minimum atomic E-state index is -3.81. The molecule has 2 unspecified atom stereocenters. The second-order valence-electron chi connectivity index (χ2n) is 10.4. The van der Waals surface area contributed by atoms with E-state index in [2.05, 4.69) is 15.9 Å². The molecule has 0 bridgehead atoms. The molecule has 11 nitrogen and oxygen atoms in total. The van der Waals surface area contributed by atoms with E-state index in [1.165, 1.54) is 45.9 Å². The van der Waals surface area contributed by atoms with Crippen LogP contribution in [0.3, 0.4) is 0 Å². The minimum absolute atomic E-state index is 0.100. The molecular weight excluding hydrogens is 606 g/mol. The minimum Gasteiger partial charge on any atom is -0.487 e. The zero-order valence-corrected chi connectivity index (χ0v) is 26.0. The molecule has 1 aliphatic heterocycles. The Hall–Kier alpha value is -2.90. The first kappa shape index (κ1) is 31.6. The van der Waals surface area contributed by atoms with Gasteiger partial charge in [0.25, 0.3) is 5.91 Å². The lowest BCUT2D eigenvalue weighted by molar-refractivity contribution is 0.0268. The molecule has 220 valence electrons. The van der Waals surface area contributed by atoms with Crippen molar-refractivity contribution in [1.29, 1.82) is 0 Å². The molecule has 0 aliphatic carbocycles. The summed E-state index contributed by atoms with van der Waals surface area (Å²) in [5, 5.41) is 1.19. The van der Waals surface area contributed by atoms with Crippen LogP contribution < -0.4 is 15.2 Å². The maximum Gasteiger partial charge on any atom is 0.431 e. The number of carbonyl (C=O) groups is 2. The van der Waals surface area contributed by atoms with E-state index in [4.69, 9.17) is 14.2 Å². The standard InChI is InChI=1S/C27H36BrN3O8S/c1-7-8-15-37-24-22(32)13-14-30-23(24)25(33)29(17-31(30)26(34)39-27(4,5)6)18(2)16-38-19(3)40(35,36)21-11-9-20(28)10-12-21/h9-14,18-19H,7-8,15-17H2,1-6H3. The molecule has 0 saturated carbocycles. The molecule has 40 heavy (non-hydrogen) atoms. The first-order chi connectivity index (χ1) is 18.7. The van der Waals surface area contributed by atoms with Gasteiger partial charge in [-0.15, -0.1) is 0 Å². The number of hydrogen-bond donors (Lipinski definition) is 0.